The van der Waals surface area contributed by atoms with Crippen LogP contribution in [-0.4, -0.2) is 12.3 Å². The first-order valence-corrected chi connectivity index (χ1v) is 5.33. The first-order valence-electron chi connectivity index (χ1n) is 5.33. The van der Waals surface area contributed by atoms with E-state index in [-0.39, 0.29) is 0 Å². The van der Waals surface area contributed by atoms with Gasteiger partial charge < -0.3 is 0 Å². The summed E-state index contributed by atoms with van der Waals surface area (Å²) in [5.74, 6) is 0.729. The van der Waals surface area contributed by atoms with Crippen molar-refractivity contribution in [3.05, 3.63) is 35.5 Å². The van der Waals surface area contributed by atoms with E-state index in [2.05, 4.69) is 43.1 Å². The van der Waals surface area contributed by atoms with Crippen molar-refractivity contribution in [2.45, 2.75) is 26.7 Å². The molecule has 0 bridgehead atoms. The van der Waals surface area contributed by atoms with Crippen LogP contribution in [0.25, 0.3) is 0 Å². The van der Waals surface area contributed by atoms with Crippen LogP contribution in [0.4, 0.5) is 0 Å². The van der Waals surface area contributed by atoms with Crippen LogP contribution in [-0.2, 0) is 0 Å². The average Bonchev–Trinajstić information content (AvgIpc) is 2.46. The van der Waals surface area contributed by atoms with E-state index < -0.39 is 0 Å². The summed E-state index contributed by atoms with van der Waals surface area (Å²) in [6.45, 7) is 5.44. The fourth-order valence-electron chi connectivity index (χ4n) is 1.85. The lowest BCUT2D eigenvalue weighted by molar-refractivity contribution is 0.664. The van der Waals surface area contributed by atoms with Crippen molar-refractivity contribution in [1.82, 2.24) is 0 Å². The third kappa shape index (κ3) is 2.03. The minimum atomic E-state index is 0.729. The van der Waals surface area contributed by atoms with E-state index in [0.717, 1.165) is 25.3 Å². The van der Waals surface area contributed by atoms with Gasteiger partial charge in [-0.1, -0.05) is 36.8 Å². The Morgan fingerprint density at radius 3 is 2.93 bits per heavy atom. The van der Waals surface area contributed by atoms with E-state index in [1.807, 2.05) is 0 Å². The van der Waals surface area contributed by atoms with Gasteiger partial charge in [0.15, 0.2) is 0 Å². The molecule has 0 saturated carbocycles. The van der Waals surface area contributed by atoms with Crippen LogP contribution in [0.5, 0.6) is 0 Å². The van der Waals surface area contributed by atoms with Gasteiger partial charge in [0.1, 0.15) is 0 Å². The highest BCUT2D eigenvalue weighted by atomic mass is 14.8. The van der Waals surface area contributed by atoms with Crippen molar-refractivity contribution in [1.29, 1.82) is 0 Å². The molecule has 0 fully saturated rings. The SMILES string of the molecule is CC1=CC=C(C2=NCC(C)C2)C=CC1. The standard InChI is InChI=1S/C13H17N/c1-10-4-3-5-12(7-6-10)13-8-11(2)9-14-13/h3,5-7,11H,4,8-9H2,1-2H3. The van der Waals surface area contributed by atoms with Crippen molar-refractivity contribution in [2.24, 2.45) is 10.9 Å². The molecule has 0 saturated heterocycles. The average molecular weight is 187 g/mol. The van der Waals surface area contributed by atoms with Crippen molar-refractivity contribution < 1.29 is 0 Å². The highest BCUT2D eigenvalue weighted by Gasteiger charge is 2.16. The lowest BCUT2D eigenvalue weighted by atomic mass is 10.0. The van der Waals surface area contributed by atoms with Crippen LogP contribution in [0.15, 0.2) is 40.4 Å². The topological polar surface area (TPSA) is 12.4 Å². The fourth-order valence-corrected chi connectivity index (χ4v) is 1.85. The van der Waals surface area contributed by atoms with Crippen LogP contribution in [0, 0.1) is 5.92 Å². The van der Waals surface area contributed by atoms with Gasteiger partial charge in [-0.3, -0.25) is 4.99 Å². The van der Waals surface area contributed by atoms with Gasteiger partial charge in [0.2, 0.25) is 0 Å². The molecule has 1 unspecified atom stereocenters. The zero-order valence-electron chi connectivity index (χ0n) is 8.96. The second-order valence-corrected chi connectivity index (χ2v) is 4.34. The Labute approximate surface area is 85.9 Å². The van der Waals surface area contributed by atoms with Crippen molar-refractivity contribution in [3.63, 3.8) is 0 Å². The van der Waals surface area contributed by atoms with E-state index >= 15 is 0 Å². The number of aliphatic imine (C=N–C) groups is 1. The molecule has 0 aromatic rings. The van der Waals surface area contributed by atoms with Crippen molar-refractivity contribution >= 4 is 5.71 Å². The largest absolute Gasteiger partial charge is 0.289 e. The van der Waals surface area contributed by atoms with Crippen LogP contribution in [0.3, 0.4) is 0 Å². The normalized spacial score (nSPS) is 26.7. The predicted molar refractivity (Wildman–Crippen MR) is 61.7 cm³/mol. The van der Waals surface area contributed by atoms with Crippen LogP contribution in [0.1, 0.15) is 26.7 Å². The highest BCUT2D eigenvalue weighted by Crippen LogP contribution is 2.20. The maximum atomic E-state index is 4.57. The highest BCUT2D eigenvalue weighted by molar-refractivity contribution is 6.03. The molecule has 2 aliphatic rings. The summed E-state index contributed by atoms with van der Waals surface area (Å²) in [5.41, 5.74) is 4.02. The first kappa shape index (κ1) is 9.45. The Morgan fingerprint density at radius 2 is 2.21 bits per heavy atom. The Kier molecular flexibility index (Phi) is 2.67. The number of nitrogens with zero attached hydrogens (tertiary/aromatic N) is 1. The van der Waals surface area contributed by atoms with Gasteiger partial charge >= 0.3 is 0 Å². The molecule has 0 N–H and O–H groups in total. The number of rotatable bonds is 1. The molecule has 1 heterocycles. The molecule has 0 aromatic carbocycles. The summed E-state index contributed by atoms with van der Waals surface area (Å²) in [6.07, 6.45) is 11.1. The van der Waals surface area contributed by atoms with Gasteiger partial charge in [-0.2, -0.15) is 0 Å². The van der Waals surface area contributed by atoms with Gasteiger partial charge in [0, 0.05) is 12.3 Å². The van der Waals surface area contributed by atoms with Gasteiger partial charge in [0.25, 0.3) is 0 Å². The molecule has 1 aliphatic heterocycles. The number of allylic oxidation sites excluding steroid dienone is 6. The van der Waals surface area contributed by atoms with Crippen molar-refractivity contribution in [3.8, 4) is 0 Å². The third-order valence-corrected chi connectivity index (χ3v) is 2.75. The zero-order chi connectivity index (χ0) is 9.97. The monoisotopic (exact) mass is 187 g/mol. The molecule has 1 heteroatoms. The van der Waals surface area contributed by atoms with E-state index in [1.165, 1.54) is 16.9 Å². The molecule has 14 heavy (non-hydrogen) atoms. The molecule has 0 radical (unpaired) electrons. The molecule has 0 amide bonds. The fraction of sp³-hybridized carbons (Fsp3) is 0.462. The van der Waals surface area contributed by atoms with Crippen LogP contribution >= 0.6 is 0 Å². The number of hydrogen-bond acceptors (Lipinski definition) is 1. The molecular formula is C13H17N. The lowest BCUT2D eigenvalue weighted by Gasteiger charge is -2.00. The summed E-state index contributed by atoms with van der Waals surface area (Å²) in [4.78, 5) is 4.57. The molecule has 1 atom stereocenters. The second kappa shape index (κ2) is 3.95. The van der Waals surface area contributed by atoms with Crippen molar-refractivity contribution in [2.75, 3.05) is 6.54 Å². The van der Waals surface area contributed by atoms with E-state index in [9.17, 15) is 0 Å². The maximum absolute atomic E-state index is 4.57. The molecule has 0 aromatic heterocycles. The van der Waals surface area contributed by atoms with Crippen LogP contribution in [0.2, 0.25) is 0 Å². The lowest BCUT2D eigenvalue weighted by Crippen LogP contribution is -1.99. The predicted octanol–water partition coefficient (Wildman–Crippen LogP) is 3.30. The molecule has 2 rings (SSSR count). The first-order chi connectivity index (χ1) is 6.75. The third-order valence-electron chi connectivity index (χ3n) is 2.75. The van der Waals surface area contributed by atoms with Gasteiger partial charge in [-0.25, -0.2) is 0 Å². The van der Waals surface area contributed by atoms with Gasteiger partial charge in [0.05, 0.1) is 0 Å². The maximum Gasteiger partial charge on any atom is 0.0423 e. The summed E-state index contributed by atoms with van der Waals surface area (Å²) in [5, 5.41) is 0. The van der Waals surface area contributed by atoms with E-state index in [1.54, 1.807) is 0 Å². The Balaban J connectivity index is 2.19. The molecule has 1 aliphatic carbocycles. The summed E-state index contributed by atoms with van der Waals surface area (Å²) >= 11 is 0. The Hall–Kier alpha value is -1.11. The van der Waals surface area contributed by atoms with E-state index in [0.29, 0.717) is 0 Å². The summed E-state index contributed by atoms with van der Waals surface area (Å²) in [7, 11) is 0. The minimum Gasteiger partial charge on any atom is -0.289 e. The minimum absolute atomic E-state index is 0.729. The second-order valence-electron chi connectivity index (χ2n) is 4.34. The molecule has 1 nitrogen and oxygen atoms in total. The van der Waals surface area contributed by atoms with E-state index in [4.69, 9.17) is 0 Å². The van der Waals surface area contributed by atoms with Crippen LogP contribution < -0.4 is 0 Å². The Bertz CT molecular complexity index is 342. The quantitative estimate of drug-likeness (QED) is 0.597. The Morgan fingerprint density at radius 1 is 1.36 bits per heavy atom. The molecular weight excluding hydrogens is 170 g/mol. The van der Waals surface area contributed by atoms with Gasteiger partial charge in [-0.05, 0) is 31.3 Å². The van der Waals surface area contributed by atoms with Gasteiger partial charge in [-0.15, -0.1) is 0 Å². The zero-order valence-corrected chi connectivity index (χ0v) is 8.96. The smallest absolute Gasteiger partial charge is 0.0423 e. The number of hydrogen-bond donors (Lipinski definition) is 0. The molecule has 0 spiro atoms. The summed E-state index contributed by atoms with van der Waals surface area (Å²) in [6, 6.07) is 0. The molecule has 74 valence electrons. The summed E-state index contributed by atoms with van der Waals surface area (Å²) < 4.78 is 0.